The van der Waals surface area contributed by atoms with Gasteiger partial charge in [-0.05, 0) is 38.1 Å². The fourth-order valence-electron chi connectivity index (χ4n) is 2.67. The van der Waals surface area contributed by atoms with E-state index in [9.17, 15) is 0 Å². The Balaban J connectivity index is 1.95. The zero-order valence-electron chi connectivity index (χ0n) is 12.2. The number of nitrogens with zero attached hydrogens (tertiary/aromatic N) is 2. The van der Waals surface area contributed by atoms with Crippen LogP contribution in [0.3, 0.4) is 0 Å². The lowest BCUT2D eigenvalue weighted by atomic mass is 9.96. The largest absolute Gasteiger partial charge is 0.380 e. The van der Waals surface area contributed by atoms with Crippen LogP contribution in [0, 0.1) is 5.92 Å². The molecule has 0 amide bonds. The molecule has 4 heteroatoms. The molecule has 4 nitrogen and oxygen atoms in total. The molecule has 2 rings (SSSR count). The first-order valence-corrected chi connectivity index (χ1v) is 7.07. The number of nitrogens with one attached hydrogen (secondary N) is 1. The molecule has 0 aromatic carbocycles. The molecule has 1 aliphatic heterocycles. The topological polar surface area (TPSA) is 37.4 Å². The Labute approximate surface area is 116 Å². The van der Waals surface area contributed by atoms with Crippen molar-refractivity contribution in [2.75, 3.05) is 27.2 Å². The molecule has 2 heterocycles. The molecule has 1 aromatic rings. The SMILES string of the molecule is CNCc1cccc(CN2CCC(C)C(OC)C2)n1. The van der Waals surface area contributed by atoms with Gasteiger partial charge in [0.1, 0.15) is 0 Å². The number of piperidine rings is 1. The van der Waals surface area contributed by atoms with E-state index >= 15 is 0 Å². The number of methoxy groups -OCH3 is 1. The van der Waals surface area contributed by atoms with Crippen molar-refractivity contribution in [2.24, 2.45) is 5.92 Å². The van der Waals surface area contributed by atoms with E-state index in [4.69, 9.17) is 4.74 Å². The molecule has 1 aromatic heterocycles. The van der Waals surface area contributed by atoms with E-state index in [2.05, 4.69) is 40.3 Å². The van der Waals surface area contributed by atoms with Gasteiger partial charge in [0.25, 0.3) is 0 Å². The van der Waals surface area contributed by atoms with E-state index in [1.54, 1.807) is 0 Å². The predicted molar refractivity (Wildman–Crippen MR) is 76.9 cm³/mol. The molecule has 1 fully saturated rings. The molecule has 19 heavy (non-hydrogen) atoms. The molecule has 1 N–H and O–H groups in total. The highest BCUT2D eigenvalue weighted by molar-refractivity contribution is 5.11. The summed E-state index contributed by atoms with van der Waals surface area (Å²) in [6, 6.07) is 6.27. The third-order valence-corrected chi connectivity index (χ3v) is 3.88. The van der Waals surface area contributed by atoms with Crippen LogP contribution in [0.25, 0.3) is 0 Å². The van der Waals surface area contributed by atoms with Crippen LogP contribution >= 0.6 is 0 Å². The second kappa shape index (κ2) is 6.98. The fourth-order valence-corrected chi connectivity index (χ4v) is 2.67. The standard InChI is InChI=1S/C15H25N3O/c1-12-7-8-18(11-15(12)19-3)10-14-6-4-5-13(17-14)9-16-2/h4-6,12,15-16H,7-11H2,1-3H3. The molecule has 1 aliphatic rings. The van der Waals surface area contributed by atoms with Crippen LogP contribution in [-0.4, -0.2) is 43.2 Å². The Bertz CT molecular complexity index is 397. The van der Waals surface area contributed by atoms with E-state index < -0.39 is 0 Å². The second-order valence-corrected chi connectivity index (χ2v) is 5.43. The molecule has 2 atom stereocenters. The highest BCUT2D eigenvalue weighted by Crippen LogP contribution is 2.20. The van der Waals surface area contributed by atoms with Gasteiger partial charge >= 0.3 is 0 Å². The first kappa shape index (κ1) is 14.4. The lowest BCUT2D eigenvalue weighted by Crippen LogP contribution is -2.43. The number of ether oxygens (including phenoxy) is 1. The summed E-state index contributed by atoms with van der Waals surface area (Å²) in [5.41, 5.74) is 2.26. The molecule has 0 saturated carbocycles. The van der Waals surface area contributed by atoms with Crippen molar-refractivity contribution >= 4 is 0 Å². The maximum absolute atomic E-state index is 5.56. The van der Waals surface area contributed by atoms with Crippen LogP contribution in [0.4, 0.5) is 0 Å². The lowest BCUT2D eigenvalue weighted by molar-refractivity contribution is -0.00780. The van der Waals surface area contributed by atoms with E-state index in [-0.39, 0.29) is 0 Å². The summed E-state index contributed by atoms with van der Waals surface area (Å²) in [6.45, 7) is 6.17. The van der Waals surface area contributed by atoms with E-state index in [0.29, 0.717) is 12.0 Å². The maximum atomic E-state index is 5.56. The molecule has 0 radical (unpaired) electrons. The van der Waals surface area contributed by atoms with E-state index in [0.717, 1.165) is 37.6 Å². The Morgan fingerprint density at radius 2 is 2.21 bits per heavy atom. The zero-order valence-corrected chi connectivity index (χ0v) is 12.2. The summed E-state index contributed by atoms with van der Waals surface area (Å²) in [6.07, 6.45) is 1.56. The van der Waals surface area contributed by atoms with Crippen LogP contribution < -0.4 is 5.32 Å². The van der Waals surface area contributed by atoms with Gasteiger partial charge in [-0.1, -0.05) is 13.0 Å². The Hall–Kier alpha value is -0.970. The van der Waals surface area contributed by atoms with Gasteiger partial charge in [0.15, 0.2) is 0 Å². The third-order valence-electron chi connectivity index (χ3n) is 3.88. The maximum Gasteiger partial charge on any atom is 0.0724 e. The van der Waals surface area contributed by atoms with E-state index in [1.807, 2.05) is 14.2 Å². The number of pyridine rings is 1. The van der Waals surface area contributed by atoms with Crippen LogP contribution in [0.1, 0.15) is 24.7 Å². The van der Waals surface area contributed by atoms with Crippen LogP contribution in [0.2, 0.25) is 0 Å². The van der Waals surface area contributed by atoms with Gasteiger partial charge in [-0.3, -0.25) is 9.88 Å². The van der Waals surface area contributed by atoms with Gasteiger partial charge in [-0.15, -0.1) is 0 Å². The number of hydrogen-bond donors (Lipinski definition) is 1. The van der Waals surface area contributed by atoms with Crippen molar-refractivity contribution in [1.82, 2.24) is 15.2 Å². The van der Waals surface area contributed by atoms with Gasteiger partial charge in [-0.2, -0.15) is 0 Å². The Morgan fingerprint density at radius 3 is 2.95 bits per heavy atom. The minimum absolute atomic E-state index is 0.356. The number of hydrogen-bond acceptors (Lipinski definition) is 4. The summed E-state index contributed by atoms with van der Waals surface area (Å²) in [5, 5.41) is 3.14. The Morgan fingerprint density at radius 1 is 1.42 bits per heavy atom. The normalized spacial score (nSPS) is 24.6. The van der Waals surface area contributed by atoms with Crippen LogP contribution in [0.5, 0.6) is 0 Å². The minimum atomic E-state index is 0.356. The highest BCUT2D eigenvalue weighted by Gasteiger charge is 2.25. The van der Waals surface area contributed by atoms with Gasteiger partial charge in [0, 0.05) is 26.7 Å². The van der Waals surface area contributed by atoms with Crippen LogP contribution in [-0.2, 0) is 17.8 Å². The van der Waals surface area contributed by atoms with Crippen molar-refractivity contribution in [2.45, 2.75) is 32.5 Å². The van der Waals surface area contributed by atoms with Crippen molar-refractivity contribution in [3.05, 3.63) is 29.6 Å². The number of likely N-dealkylation sites (tertiary alicyclic amines) is 1. The molecule has 0 aliphatic carbocycles. The van der Waals surface area contributed by atoms with Crippen molar-refractivity contribution < 1.29 is 4.74 Å². The van der Waals surface area contributed by atoms with Crippen molar-refractivity contribution in [3.63, 3.8) is 0 Å². The van der Waals surface area contributed by atoms with Crippen LogP contribution in [0.15, 0.2) is 18.2 Å². The summed E-state index contributed by atoms with van der Waals surface area (Å²) < 4.78 is 5.56. The smallest absolute Gasteiger partial charge is 0.0724 e. The molecule has 2 unspecified atom stereocenters. The zero-order chi connectivity index (χ0) is 13.7. The number of rotatable bonds is 5. The van der Waals surface area contributed by atoms with Gasteiger partial charge < -0.3 is 10.1 Å². The molecular formula is C15H25N3O. The summed E-state index contributed by atoms with van der Waals surface area (Å²) in [5.74, 6) is 0.657. The average molecular weight is 263 g/mol. The van der Waals surface area contributed by atoms with Gasteiger partial charge in [0.05, 0.1) is 17.5 Å². The summed E-state index contributed by atoms with van der Waals surface area (Å²) >= 11 is 0. The number of aromatic nitrogens is 1. The predicted octanol–water partition coefficient (Wildman–Crippen LogP) is 1.66. The molecular weight excluding hydrogens is 238 g/mol. The van der Waals surface area contributed by atoms with Crippen molar-refractivity contribution in [3.8, 4) is 0 Å². The lowest BCUT2D eigenvalue weighted by Gasteiger charge is -2.36. The molecule has 0 bridgehead atoms. The molecule has 106 valence electrons. The van der Waals surface area contributed by atoms with E-state index in [1.165, 1.54) is 6.42 Å². The Kier molecular flexibility index (Phi) is 5.31. The average Bonchev–Trinajstić information content (AvgIpc) is 2.42. The third kappa shape index (κ3) is 4.00. The first-order valence-electron chi connectivity index (χ1n) is 7.07. The van der Waals surface area contributed by atoms with Crippen molar-refractivity contribution in [1.29, 1.82) is 0 Å². The summed E-state index contributed by atoms with van der Waals surface area (Å²) in [7, 11) is 3.76. The first-order chi connectivity index (χ1) is 9.22. The monoisotopic (exact) mass is 263 g/mol. The second-order valence-electron chi connectivity index (χ2n) is 5.43. The van der Waals surface area contributed by atoms with Gasteiger partial charge in [-0.25, -0.2) is 0 Å². The molecule has 1 saturated heterocycles. The highest BCUT2D eigenvalue weighted by atomic mass is 16.5. The summed E-state index contributed by atoms with van der Waals surface area (Å²) in [4.78, 5) is 7.13. The fraction of sp³-hybridized carbons (Fsp3) is 0.667. The van der Waals surface area contributed by atoms with Gasteiger partial charge in [0.2, 0.25) is 0 Å². The quantitative estimate of drug-likeness (QED) is 0.876. The minimum Gasteiger partial charge on any atom is -0.380 e. The molecule has 0 spiro atoms.